The molecule has 1 aromatic heterocycles. The molecule has 6 nitrogen and oxygen atoms in total. The highest BCUT2D eigenvalue weighted by Gasteiger charge is 2.56. The van der Waals surface area contributed by atoms with Gasteiger partial charge in [0.2, 0.25) is 10.0 Å². The molecule has 4 rings (SSSR count). The quantitative estimate of drug-likeness (QED) is 0.674. The van der Waals surface area contributed by atoms with Crippen LogP contribution in [-0.4, -0.2) is 73.9 Å². The van der Waals surface area contributed by atoms with Crippen molar-refractivity contribution in [1.82, 2.24) is 14.2 Å². The predicted molar refractivity (Wildman–Crippen MR) is 111 cm³/mol. The maximum atomic E-state index is 13.8. The van der Waals surface area contributed by atoms with E-state index in [9.17, 15) is 12.8 Å². The van der Waals surface area contributed by atoms with Crippen LogP contribution >= 0.6 is 0 Å². The van der Waals surface area contributed by atoms with Gasteiger partial charge in [-0.25, -0.2) is 12.8 Å². The molecule has 0 aromatic carbocycles. The topological polar surface area (TPSA) is 62.7 Å². The van der Waals surface area contributed by atoms with Gasteiger partial charge in [0, 0.05) is 38.6 Å². The first-order chi connectivity index (χ1) is 13.6. The molecule has 2 aliphatic heterocycles. The molecular weight excluding hydrogens is 393 g/mol. The highest BCUT2D eigenvalue weighted by molar-refractivity contribution is 7.88. The monoisotopic (exact) mass is 423 g/mol. The number of rotatable bonds is 7. The van der Waals surface area contributed by atoms with Gasteiger partial charge in [-0.2, -0.15) is 4.31 Å². The highest BCUT2D eigenvalue weighted by atomic mass is 32.2. The van der Waals surface area contributed by atoms with Crippen molar-refractivity contribution in [2.75, 3.05) is 45.6 Å². The van der Waals surface area contributed by atoms with Crippen LogP contribution in [0.4, 0.5) is 4.39 Å². The molecule has 2 fully saturated rings. The van der Waals surface area contributed by atoms with Crippen LogP contribution in [0.1, 0.15) is 26.0 Å². The molecule has 0 N–H and O–H groups in total. The number of likely N-dealkylation sites (tertiary alicyclic amines) is 1. The third-order valence-corrected chi connectivity index (χ3v) is 7.46. The first-order valence-corrected chi connectivity index (χ1v) is 12.1. The number of alkyl halides is 1. The van der Waals surface area contributed by atoms with Crippen molar-refractivity contribution in [1.29, 1.82) is 0 Å². The number of sulfonamides is 1. The molecule has 0 amide bonds. The van der Waals surface area contributed by atoms with E-state index in [2.05, 4.69) is 9.88 Å². The predicted octanol–water partition coefficient (Wildman–Crippen LogP) is 2.44. The second kappa shape index (κ2) is 7.63. The number of hydrogen-bond acceptors (Lipinski definition) is 5. The number of piperidine rings is 1. The molecule has 29 heavy (non-hydrogen) atoms. The van der Waals surface area contributed by atoms with Crippen molar-refractivity contribution in [2.24, 2.45) is 17.8 Å². The fourth-order valence-corrected chi connectivity index (χ4v) is 5.45. The summed E-state index contributed by atoms with van der Waals surface area (Å²) in [7, 11) is -3.14. The van der Waals surface area contributed by atoms with Crippen molar-refractivity contribution in [3.8, 4) is 5.75 Å². The second-order valence-corrected chi connectivity index (χ2v) is 11.2. The summed E-state index contributed by atoms with van der Waals surface area (Å²) in [4.78, 5) is 6.73. The standard InChI is InChI=1S/C21H30FN3O3S/c1-21(2,22)14-24-11-17-18(12-24)19(17)13-28-16-4-5-20(23-10-16)15-6-8-25(9-7-15)29(3,26)27/h4-6,10,17-19H,7-9,11-14H2,1-3H3/t17-,18?,19+/m1/s1. The van der Waals surface area contributed by atoms with Gasteiger partial charge in [0.25, 0.3) is 0 Å². The number of hydrogen-bond donors (Lipinski definition) is 0. The Bertz CT molecular complexity index is 867. The molecule has 0 bridgehead atoms. The summed E-state index contributed by atoms with van der Waals surface area (Å²) in [5, 5.41) is 0. The Morgan fingerprint density at radius 1 is 1.28 bits per heavy atom. The van der Waals surface area contributed by atoms with Crippen LogP contribution in [0.2, 0.25) is 0 Å². The summed E-state index contributed by atoms with van der Waals surface area (Å²) >= 11 is 0. The van der Waals surface area contributed by atoms with E-state index in [0.29, 0.717) is 50.4 Å². The van der Waals surface area contributed by atoms with Crippen LogP contribution in [0.25, 0.3) is 5.57 Å². The summed E-state index contributed by atoms with van der Waals surface area (Å²) in [6.45, 7) is 7.31. The van der Waals surface area contributed by atoms with E-state index in [-0.39, 0.29) is 0 Å². The van der Waals surface area contributed by atoms with Crippen LogP contribution in [0.3, 0.4) is 0 Å². The number of pyridine rings is 1. The van der Waals surface area contributed by atoms with Crippen molar-refractivity contribution >= 4 is 15.6 Å². The first kappa shape index (κ1) is 20.8. The SMILES string of the molecule is CC(C)(F)CN1CC2[C@@H](COc3ccc(C4=CCN(S(C)(=O)=O)CC4)nc3)[C@@H]2C1. The first-order valence-electron chi connectivity index (χ1n) is 10.2. The zero-order chi connectivity index (χ0) is 20.8. The van der Waals surface area contributed by atoms with E-state index in [1.165, 1.54) is 10.6 Å². The van der Waals surface area contributed by atoms with Gasteiger partial charge in [-0.3, -0.25) is 9.88 Å². The Hall–Kier alpha value is -1.51. The Morgan fingerprint density at radius 3 is 2.52 bits per heavy atom. The molecule has 3 heterocycles. The molecule has 1 unspecified atom stereocenters. The molecule has 160 valence electrons. The lowest BCUT2D eigenvalue weighted by Gasteiger charge is -2.25. The second-order valence-electron chi connectivity index (χ2n) is 9.19. The van der Waals surface area contributed by atoms with Gasteiger partial charge in [-0.15, -0.1) is 0 Å². The van der Waals surface area contributed by atoms with E-state index in [1.807, 2.05) is 18.2 Å². The molecule has 1 aromatic rings. The van der Waals surface area contributed by atoms with Gasteiger partial charge in [-0.05, 0) is 49.8 Å². The minimum absolute atomic E-state index is 0.398. The minimum atomic E-state index is -3.14. The third kappa shape index (κ3) is 4.98. The number of aromatic nitrogens is 1. The molecule has 0 spiro atoms. The van der Waals surface area contributed by atoms with Crippen LogP contribution in [0.15, 0.2) is 24.4 Å². The lowest BCUT2D eigenvalue weighted by atomic mass is 10.1. The summed E-state index contributed by atoms with van der Waals surface area (Å²) in [5.41, 5.74) is 0.815. The Morgan fingerprint density at radius 2 is 2.00 bits per heavy atom. The summed E-state index contributed by atoms with van der Waals surface area (Å²) in [5.74, 6) is 2.59. The van der Waals surface area contributed by atoms with Crippen LogP contribution in [0, 0.1) is 17.8 Å². The zero-order valence-corrected chi connectivity index (χ0v) is 18.2. The Labute approximate surface area is 172 Å². The van der Waals surface area contributed by atoms with Crippen molar-refractivity contribution < 1.29 is 17.5 Å². The van der Waals surface area contributed by atoms with Gasteiger partial charge >= 0.3 is 0 Å². The minimum Gasteiger partial charge on any atom is -0.492 e. The molecule has 1 saturated carbocycles. The van der Waals surface area contributed by atoms with Gasteiger partial charge in [0.05, 0.1) is 24.8 Å². The average Bonchev–Trinajstić information content (AvgIpc) is 3.10. The maximum absolute atomic E-state index is 13.8. The number of fused-ring (bicyclic) bond motifs is 1. The zero-order valence-electron chi connectivity index (χ0n) is 17.3. The normalized spacial score (nSPS) is 28.1. The fraction of sp³-hybridized carbons (Fsp3) is 0.667. The van der Waals surface area contributed by atoms with Gasteiger partial charge in [0.1, 0.15) is 11.4 Å². The average molecular weight is 424 g/mol. The Kier molecular flexibility index (Phi) is 5.46. The molecule has 3 aliphatic rings. The molecule has 3 atom stereocenters. The lowest BCUT2D eigenvalue weighted by molar-refractivity contribution is 0.126. The number of ether oxygens (including phenoxy) is 1. The molecule has 8 heteroatoms. The van der Waals surface area contributed by atoms with Crippen LogP contribution in [-0.2, 0) is 10.0 Å². The van der Waals surface area contributed by atoms with Gasteiger partial charge in [-0.1, -0.05) is 6.08 Å². The number of halogens is 1. The van der Waals surface area contributed by atoms with Crippen molar-refractivity contribution in [3.05, 3.63) is 30.1 Å². The van der Waals surface area contributed by atoms with E-state index >= 15 is 0 Å². The maximum Gasteiger partial charge on any atom is 0.211 e. The van der Waals surface area contributed by atoms with Gasteiger partial charge < -0.3 is 4.74 Å². The van der Waals surface area contributed by atoms with E-state index in [1.54, 1.807) is 20.0 Å². The lowest BCUT2D eigenvalue weighted by Crippen LogP contribution is -2.36. The molecule has 1 aliphatic carbocycles. The van der Waals surface area contributed by atoms with E-state index < -0.39 is 15.7 Å². The molecule has 1 saturated heterocycles. The third-order valence-electron chi connectivity index (χ3n) is 6.20. The largest absolute Gasteiger partial charge is 0.492 e. The summed E-state index contributed by atoms with van der Waals surface area (Å²) < 4.78 is 44.4. The summed E-state index contributed by atoms with van der Waals surface area (Å²) in [6.07, 6.45) is 5.58. The van der Waals surface area contributed by atoms with Crippen molar-refractivity contribution in [3.63, 3.8) is 0 Å². The van der Waals surface area contributed by atoms with E-state index in [4.69, 9.17) is 4.74 Å². The fourth-order valence-electron chi connectivity index (χ4n) is 4.68. The molecular formula is C21H30FN3O3S. The molecule has 0 radical (unpaired) electrons. The van der Waals surface area contributed by atoms with Crippen molar-refractivity contribution in [2.45, 2.75) is 25.9 Å². The van der Waals surface area contributed by atoms with E-state index in [0.717, 1.165) is 30.1 Å². The van der Waals surface area contributed by atoms with Gasteiger partial charge in [0.15, 0.2) is 0 Å². The highest BCUT2D eigenvalue weighted by Crippen LogP contribution is 2.52. The van der Waals surface area contributed by atoms with Crippen LogP contribution < -0.4 is 4.74 Å². The Balaban J connectivity index is 1.24. The smallest absolute Gasteiger partial charge is 0.211 e. The summed E-state index contributed by atoms with van der Waals surface area (Å²) in [6, 6.07) is 3.87. The number of nitrogens with zero attached hydrogens (tertiary/aromatic N) is 3. The van der Waals surface area contributed by atoms with Crippen LogP contribution in [0.5, 0.6) is 5.75 Å².